The van der Waals surface area contributed by atoms with Gasteiger partial charge >= 0.3 is 0 Å². The number of anilines is 2. The summed E-state index contributed by atoms with van der Waals surface area (Å²) in [5.41, 5.74) is 1.03. The summed E-state index contributed by atoms with van der Waals surface area (Å²) in [4.78, 5) is 27.6. The van der Waals surface area contributed by atoms with Gasteiger partial charge in [-0.1, -0.05) is 20.8 Å². The number of carbonyl (C=O) groups is 2. The molecule has 0 aliphatic carbocycles. The second-order valence-electron chi connectivity index (χ2n) is 10.2. The lowest BCUT2D eigenvalue weighted by molar-refractivity contribution is -0.122. The van der Waals surface area contributed by atoms with Gasteiger partial charge in [-0.3, -0.25) is 9.59 Å². The predicted octanol–water partition coefficient (Wildman–Crippen LogP) is 3.94. The zero-order valence-electron chi connectivity index (χ0n) is 20.3. The van der Waals surface area contributed by atoms with E-state index in [1.807, 2.05) is 31.5 Å². The molecule has 1 unspecified atom stereocenters. The Hall–Kier alpha value is -3.03. The summed E-state index contributed by atoms with van der Waals surface area (Å²) < 4.78 is 12.6. The minimum Gasteiger partial charge on any atom is -0.497 e. The number of aromatic nitrogens is 2. The van der Waals surface area contributed by atoms with Gasteiger partial charge in [-0.25, -0.2) is 4.68 Å². The van der Waals surface area contributed by atoms with Crippen LogP contribution in [-0.4, -0.2) is 42.4 Å². The average molecular weight is 443 g/mol. The molecule has 0 bridgehead atoms. The first-order valence-electron chi connectivity index (χ1n) is 10.8. The largest absolute Gasteiger partial charge is 0.497 e. The summed E-state index contributed by atoms with van der Waals surface area (Å²) in [6.07, 6.45) is 0.127. The van der Waals surface area contributed by atoms with E-state index in [0.717, 1.165) is 5.69 Å². The fraction of sp³-hybridized carbons (Fsp3) is 0.542. The van der Waals surface area contributed by atoms with E-state index in [9.17, 15) is 9.59 Å². The molecule has 8 nitrogen and oxygen atoms in total. The average Bonchev–Trinajstić information content (AvgIpc) is 3.31. The molecule has 1 aromatic carbocycles. The molecule has 3 rings (SSSR count). The van der Waals surface area contributed by atoms with Gasteiger partial charge in [0.25, 0.3) is 0 Å². The Morgan fingerprint density at radius 2 is 1.78 bits per heavy atom. The molecule has 2 amide bonds. The van der Waals surface area contributed by atoms with Gasteiger partial charge in [0.2, 0.25) is 11.8 Å². The van der Waals surface area contributed by atoms with Crippen LogP contribution >= 0.6 is 0 Å². The molecule has 2 heterocycles. The Kier molecular flexibility index (Phi) is 6.26. The number of amides is 2. The lowest BCUT2D eigenvalue weighted by Gasteiger charge is -2.23. The van der Waals surface area contributed by atoms with Crippen LogP contribution in [0.15, 0.2) is 24.3 Å². The molecular weight excluding hydrogens is 408 g/mol. The molecule has 174 valence electrons. The summed E-state index contributed by atoms with van der Waals surface area (Å²) >= 11 is 0. The molecule has 32 heavy (non-hydrogen) atoms. The summed E-state index contributed by atoms with van der Waals surface area (Å²) in [5.74, 6) is 0.994. The van der Waals surface area contributed by atoms with Gasteiger partial charge in [0.1, 0.15) is 17.3 Å². The van der Waals surface area contributed by atoms with E-state index in [0.29, 0.717) is 23.0 Å². The van der Waals surface area contributed by atoms with Gasteiger partial charge in [-0.2, -0.15) is 5.10 Å². The molecule has 2 aromatic rings. The molecule has 1 atom stereocenters. The number of ether oxygens (including phenoxy) is 2. The molecule has 0 spiro atoms. The van der Waals surface area contributed by atoms with Crippen LogP contribution in [0.2, 0.25) is 0 Å². The van der Waals surface area contributed by atoms with Crippen molar-refractivity contribution in [3.63, 3.8) is 0 Å². The highest BCUT2D eigenvalue weighted by Crippen LogP contribution is 2.36. The quantitative estimate of drug-likeness (QED) is 0.758. The van der Waals surface area contributed by atoms with E-state index >= 15 is 0 Å². The molecule has 1 aromatic heterocycles. The van der Waals surface area contributed by atoms with E-state index < -0.39 is 5.92 Å². The minimum atomic E-state index is -0.486. The van der Waals surface area contributed by atoms with Gasteiger partial charge in [0, 0.05) is 30.5 Å². The maximum absolute atomic E-state index is 13.2. The monoisotopic (exact) mass is 442 g/mol. The first-order chi connectivity index (χ1) is 14.8. The number of carbonyl (C=O) groups excluding carboxylic acids is 2. The van der Waals surface area contributed by atoms with Crippen molar-refractivity contribution in [2.24, 2.45) is 5.92 Å². The van der Waals surface area contributed by atoms with Crippen molar-refractivity contribution in [2.45, 2.75) is 58.9 Å². The van der Waals surface area contributed by atoms with Crippen molar-refractivity contribution < 1.29 is 19.1 Å². The van der Waals surface area contributed by atoms with Gasteiger partial charge in [0.05, 0.1) is 37.1 Å². The Balaban J connectivity index is 1.84. The molecule has 0 radical (unpaired) electrons. The lowest BCUT2D eigenvalue weighted by atomic mass is 9.92. The summed E-state index contributed by atoms with van der Waals surface area (Å²) in [6.45, 7) is 12.6. The Morgan fingerprint density at radius 1 is 1.09 bits per heavy atom. The molecule has 1 N–H and O–H groups in total. The van der Waals surface area contributed by atoms with E-state index in [1.165, 1.54) is 0 Å². The van der Waals surface area contributed by atoms with Crippen molar-refractivity contribution in [1.29, 1.82) is 0 Å². The number of methoxy groups -OCH3 is 2. The molecular formula is C24H34N4O4. The van der Waals surface area contributed by atoms with E-state index in [1.54, 1.807) is 37.3 Å². The summed E-state index contributed by atoms with van der Waals surface area (Å²) in [5, 5.41) is 7.77. The van der Waals surface area contributed by atoms with E-state index in [-0.39, 0.29) is 35.7 Å². The Bertz CT molecular complexity index is 1010. The van der Waals surface area contributed by atoms with Crippen molar-refractivity contribution in [1.82, 2.24) is 9.78 Å². The Labute approximate surface area is 189 Å². The minimum absolute atomic E-state index is 0.127. The zero-order valence-corrected chi connectivity index (χ0v) is 20.3. The van der Waals surface area contributed by atoms with Crippen molar-refractivity contribution in [2.75, 3.05) is 31.0 Å². The third-order valence-corrected chi connectivity index (χ3v) is 5.54. The lowest BCUT2D eigenvalue weighted by Crippen LogP contribution is -2.31. The highest BCUT2D eigenvalue weighted by molar-refractivity contribution is 6.04. The topological polar surface area (TPSA) is 85.7 Å². The van der Waals surface area contributed by atoms with Crippen molar-refractivity contribution in [3.8, 4) is 11.5 Å². The fourth-order valence-corrected chi connectivity index (χ4v) is 3.70. The standard InChI is InChI=1S/C24H34N4O4/c1-23(2,3)19-13-20(28(26-19)24(4,5)6)25-22(30)15-11-21(29)27(14-15)17-12-16(31-7)9-10-18(17)32-8/h9-10,12-13,15H,11,14H2,1-8H3,(H,25,30). The van der Waals surface area contributed by atoms with Crippen LogP contribution in [0.1, 0.15) is 53.7 Å². The third kappa shape index (κ3) is 4.74. The van der Waals surface area contributed by atoms with Crippen LogP contribution in [-0.2, 0) is 20.5 Å². The number of hydrogen-bond donors (Lipinski definition) is 1. The highest BCUT2D eigenvalue weighted by atomic mass is 16.5. The number of rotatable bonds is 5. The molecule has 1 saturated heterocycles. The smallest absolute Gasteiger partial charge is 0.230 e. The molecule has 1 aliphatic rings. The molecule has 1 aliphatic heterocycles. The van der Waals surface area contributed by atoms with Crippen LogP contribution in [0.4, 0.5) is 11.5 Å². The highest BCUT2D eigenvalue weighted by Gasteiger charge is 2.37. The first kappa shape index (κ1) is 23.6. The third-order valence-electron chi connectivity index (χ3n) is 5.54. The second kappa shape index (κ2) is 8.48. The van der Waals surface area contributed by atoms with Gasteiger partial charge in [-0.15, -0.1) is 0 Å². The van der Waals surface area contributed by atoms with Crippen LogP contribution in [0.5, 0.6) is 11.5 Å². The fourth-order valence-electron chi connectivity index (χ4n) is 3.70. The number of nitrogens with zero attached hydrogens (tertiary/aromatic N) is 3. The predicted molar refractivity (Wildman–Crippen MR) is 125 cm³/mol. The van der Waals surface area contributed by atoms with Gasteiger partial charge < -0.3 is 19.7 Å². The maximum Gasteiger partial charge on any atom is 0.230 e. The van der Waals surface area contributed by atoms with Crippen molar-refractivity contribution >= 4 is 23.3 Å². The number of nitrogens with one attached hydrogen (secondary N) is 1. The van der Waals surface area contributed by atoms with Gasteiger partial charge in [0.15, 0.2) is 0 Å². The molecule has 8 heteroatoms. The van der Waals surface area contributed by atoms with Crippen LogP contribution in [0.3, 0.4) is 0 Å². The SMILES string of the molecule is COc1ccc(OC)c(N2CC(C(=O)Nc3cc(C(C)(C)C)nn3C(C)(C)C)CC2=O)c1. The zero-order chi connectivity index (χ0) is 23.8. The number of benzene rings is 1. The van der Waals surface area contributed by atoms with Crippen LogP contribution in [0, 0.1) is 5.92 Å². The summed E-state index contributed by atoms with van der Waals surface area (Å²) in [6, 6.07) is 7.20. The Morgan fingerprint density at radius 3 is 2.34 bits per heavy atom. The van der Waals surface area contributed by atoms with E-state index in [2.05, 4.69) is 26.1 Å². The van der Waals surface area contributed by atoms with Crippen molar-refractivity contribution in [3.05, 3.63) is 30.0 Å². The van der Waals surface area contributed by atoms with E-state index in [4.69, 9.17) is 14.6 Å². The maximum atomic E-state index is 13.2. The normalized spacial score (nSPS) is 16.9. The molecule has 1 fully saturated rings. The van der Waals surface area contributed by atoms with Gasteiger partial charge in [-0.05, 0) is 32.9 Å². The number of hydrogen-bond acceptors (Lipinski definition) is 5. The van der Waals surface area contributed by atoms with Crippen LogP contribution in [0.25, 0.3) is 0 Å². The molecule has 0 saturated carbocycles. The first-order valence-corrected chi connectivity index (χ1v) is 10.8. The van der Waals surface area contributed by atoms with Crippen LogP contribution < -0.4 is 19.7 Å². The summed E-state index contributed by atoms with van der Waals surface area (Å²) in [7, 11) is 3.12. The second-order valence-corrected chi connectivity index (χ2v) is 10.2.